The van der Waals surface area contributed by atoms with E-state index in [9.17, 15) is 4.79 Å². The summed E-state index contributed by atoms with van der Waals surface area (Å²) in [5, 5.41) is 3.54. The largest absolute Gasteiger partial charge is 0.355 e. The van der Waals surface area contributed by atoms with E-state index in [0.717, 1.165) is 12.1 Å². The van der Waals surface area contributed by atoms with Crippen molar-refractivity contribution in [1.82, 2.24) is 15.3 Å². The van der Waals surface area contributed by atoms with Crippen molar-refractivity contribution >= 4 is 17.7 Å². The minimum Gasteiger partial charge on any atom is -0.355 e. The number of rotatable bonds is 6. The lowest BCUT2D eigenvalue weighted by Crippen LogP contribution is -2.27. The molecule has 0 unspecified atom stereocenters. The van der Waals surface area contributed by atoms with E-state index in [1.165, 1.54) is 17.3 Å². The molecule has 0 radical (unpaired) electrons. The molecule has 0 fully saturated rings. The first-order valence-corrected chi connectivity index (χ1v) is 7.45. The van der Waals surface area contributed by atoms with Gasteiger partial charge in [-0.15, -0.1) is 0 Å². The van der Waals surface area contributed by atoms with Crippen LogP contribution in [-0.4, -0.2) is 28.2 Å². The van der Waals surface area contributed by atoms with Gasteiger partial charge in [-0.3, -0.25) is 4.79 Å². The SMILES string of the molecule is Cc1ccnc(SCC(=O)NCCc2ccccc2)n1. The van der Waals surface area contributed by atoms with Crippen molar-refractivity contribution in [2.75, 3.05) is 12.3 Å². The Morgan fingerprint density at radius 1 is 1.25 bits per heavy atom. The van der Waals surface area contributed by atoms with Gasteiger partial charge in [0.05, 0.1) is 5.75 Å². The van der Waals surface area contributed by atoms with Crippen LogP contribution in [0.25, 0.3) is 0 Å². The number of thioether (sulfide) groups is 1. The maximum absolute atomic E-state index is 11.7. The van der Waals surface area contributed by atoms with Gasteiger partial charge in [-0.05, 0) is 25.0 Å². The summed E-state index contributed by atoms with van der Waals surface area (Å²) in [7, 11) is 0. The van der Waals surface area contributed by atoms with Crippen LogP contribution >= 0.6 is 11.8 Å². The minimum absolute atomic E-state index is 0.0102. The van der Waals surface area contributed by atoms with E-state index in [2.05, 4.69) is 27.4 Å². The average Bonchev–Trinajstić information content (AvgIpc) is 2.46. The van der Waals surface area contributed by atoms with Crippen LogP contribution in [0, 0.1) is 6.92 Å². The number of hydrogen-bond donors (Lipinski definition) is 1. The molecule has 1 heterocycles. The van der Waals surface area contributed by atoms with E-state index < -0.39 is 0 Å². The van der Waals surface area contributed by atoms with Gasteiger partial charge < -0.3 is 5.32 Å². The predicted octanol–water partition coefficient (Wildman–Crippen LogP) is 2.24. The van der Waals surface area contributed by atoms with Crippen molar-refractivity contribution in [2.45, 2.75) is 18.5 Å². The zero-order valence-corrected chi connectivity index (χ0v) is 12.2. The number of hydrogen-bond acceptors (Lipinski definition) is 4. The summed E-state index contributed by atoms with van der Waals surface area (Å²) in [5.74, 6) is 0.356. The molecular formula is C15H17N3OS. The van der Waals surface area contributed by atoms with Crippen LogP contribution in [0.3, 0.4) is 0 Å². The van der Waals surface area contributed by atoms with Gasteiger partial charge in [0.1, 0.15) is 0 Å². The van der Waals surface area contributed by atoms with Gasteiger partial charge in [-0.25, -0.2) is 9.97 Å². The topological polar surface area (TPSA) is 54.9 Å². The molecule has 1 aromatic carbocycles. The molecule has 0 spiro atoms. The number of nitrogens with zero attached hydrogens (tertiary/aromatic N) is 2. The Morgan fingerprint density at radius 2 is 2.05 bits per heavy atom. The minimum atomic E-state index is 0.0102. The number of nitrogens with one attached hydrogen (secondary N) is 1. The molecule has 0 saturated heterocycles. The number of aromatic nitrogens is 2. The first kappa shape index (κ1) is 14.5. The van der Waals surface area contributed by atoms with Crippen molar-refractivity contribution in [3.63, 3.8) is 0 Å². The molecule has 2 aromatic rings. The van der Waals surface area contributed by atoms with Crippen molar-refractivity contribution < 1.29 is 4.79 Å². The highest BCUT2D eigenvalue weighted by Crippen LogP contribution is 2.11. The summed E-state index contributed by atoms with van der Waals surface area (Å²) in [6.07, 6.45) is 2.55. The molecule has 0 aliphatic carbocycles. The second-order valence-corrected chi connectivity index (χ2v) is 5.30. The van der Waals surface area contributed by atoms with Crippen LogP contribution in [0.15, 0.2) is 47.8 Å². The van der Waals surface area contributed by atoms with Gasteiger partial charge in [0, 0.05) is 18.4 Å². The third kappa shape index (κ3) is 5.01. The molecule has 4 nitrogen and oxygen atoms in total. The second kappa shape index (κ2) is 7.65. The van der Waals surface area contributed by atoms with Crippen LogP contribution in [-0.2, 0) is 11.2 Å². The highest BCUT2D eigenvalue weighted by atomic mass is 32.2. The Labute approximate surface area is 123 Å². The van der Waals surface area contributed by atoms with Gasteiger partial charge >= 0.3 is 0 Å². The van der Waals surface area contributed by atoms with Crippen LogP contribution in [0.5, 0.6) is 0 Å². The summed E-state index contributed by atoms with van der Waals surface area (Å²) in [6.45, 7) is 2.56. The molecule has 104 valence electrons. The van der Waals surface area contributed by atoms with Crippen LogP contribution in [0.4, 0.5) is 0 Å². The second-order valence-electron chi connectivity index (χ2n) is 4.35. The highest BCUT2D eigenvalue weighted by molar-refractivity contribution is 7.99. The molecule has 20 heavy (non-hydrogen) atoms. The maximum atomic E-state index is 11.7. The van der Waals surface area contributed by atoms with Gasteiger partial charge in [0.2, 0.25) is 5.91 Å². The maximum Gasteiger partial charge on any atom is 0.230 e. The van der Waals surface area contributed by atoms with Crippen molar-refractivity contribution in [3.8, 4) is 0 Å². The number of carbonyl (C=O) groups excluding carboxylic acids is 1. The lowest BCUT2D eigenvalue weighted by atomic mass is 10.1. The molecule has 0 bridgehead atoms. The van der Waals surface area contributed by atoms with E-state index in [1.807, 2.05) is 31.2 Å². The molecule has 0 aliphatic heterocycles. The Hall–Kier alpha value is -1.88. The fraction of sp³-hybridized carbons (Fsp3) is 0.267. The van der Waals surface area contributed by atoms with Crippen molar-refractivity contribution in [2.24, 2.45) is 0 Å². The van der Waals surface area contributed by atoms with Gasteiger partial charge in [-0.1, -0.05) is 42.1 Å². The quantitative estimate of drug-likeness (QED) is 0.654. The first-order valence-electron chi connectivity index (χ1n) is 6.47. The summed E-state index contributed by atoms with van der Waals surface area (Å²) in [4.78, 5) is 20.1. The Balaban J connectivity index is 1.68. The third-order valence-electron chi connectivity index (χ3n) is 2.68. The fourth-order valence-electron chi connectivity index (χ4n) is 1.67. The Bertz CT molecular complexity index is 560. The molecule has 0 aliphatic rings. The van der Waals surface area contributed by atoms with Crippen LogP contribution in [0.2, 0.25) is 0 Å². The lowest BCUT2D eigenvalue weighted by Gasteiger charge is -2.05. The Morgan fingerprint density at radius 3 is 2.80 bits per heavy atom. The Kier molecular flexibility index (Phi) is 5.55. The molecule has 0 atom stereocenters. The van der Waals surface area contributed by atoms with Gasteiger partial charge in [0.25, 0.3) is 0 Å². The van der Waals surface area contributed by atoms with Crippen molar-refractivity contribution in [3.05, 3.63) is 53.9 Å². The molecule has 1 amide bonds. The van der Waals surface area contributed by atoms with Crippen LogP contribution in [0.1, 0.15) is 11.3 Å². The third-order valence-corrected chi connectivity index (χ3v) is 3.55. The summed E-state index contributed by atoms with van der Waals surface area (Å²) < 4.78 is 0. The number of carbonyl (C=O) groups is 1. The zero-order chi connectivity index (χ0) is 14.2. The number of aryl methyl sites for hydroxylation is 1. The molecule has 1 aromatic heterocycles. The first-order chi connectivity index (χ1) is 9.74. The van der Waals surface area contributed by atoms with E-state index in [4.69, 9.17) is 0 Å². The van der Waals surface area contributed by atoms with Gasteiger partial charge in [-0.2, -0.15) is 0 Å². The molecular weight excluding hydrogens is 270 g/mol. The monoisotopic (exact) mass is 287 g/mol. The van der Waals surface area contributed by atoms with Crippen molar-refractivity contribution in [1.29, 1.82) is 0 Å². The predicted molar refractivity (Wildman–Crippen MR) is 80.6 cm³/mol. The zero-order valence-electron chi connectivity index (χ0n) is 11.4. The smallest absolute Gasteiger partial charge is 0.230 e. The standard InChI is InChI=1S/C15H17N3OS/c1-12-7-9-17-15(18-12)20-11-14(19)16-10-8-13-5-3-2-4-6-13/h2-7,9H,8,10-11H2,1H3,(H,16,19). The molecule has 0 saturated carbocycles. The summed E-state index contributed by atoms with van der Waals surface area (Å²) >= 11 is 1.35. The molecule has 5 heteroatoms. The molecule has 2 rings (SSSR count). The van der Waals surface area contributed by atoms with E-state index in [-0.39, 0.29) is 5.91 Å². The number of benzene rings is 1. The average molecular weight is 287 g/mol. The lowest BCUT2D eigenvalue weighted by molar-refractivity contribution is -0.118. The van der Waals surface area contributed by atoms with Gasteiger partial charge in [0.15, 0.2) is 5.16 Å². The summed E-state index contributed by atoms with van der Waals surface area (Å²) in [6, 6.07) is 11.9. The summed E-state index contributed by atoms with van der Waals surface area (Å²) in [5.41, 5.74) is 2.13. The fourth-order valence-corrected chi connectivity index (χ4v) is 2.37. The van der Waals surface area contributed by atoms with E-state index in [0.29, 0.717) is 17.5 Å². The number of amides is 1. The van der Waals surface area contributed by atoms with E-state index in [1.54, 1.807) is 6.20 Å². The molecule has 1 N–H and O–H groups in total. The van der Waals surface area contributed by atoms with Crippen LogP contribution < -0.4 is 5.32 Å². The normalized spacial score (nSPS) is 10.2. The highest BCUT2D eigenvalue weighted by Gasteiger charge is 2.04. The van der Waals surface area contributed by atoms with E-state index >= 15 is 0 Å².